The van der Waals surface area contributed by atoms with E-state index in [1.807, 2.05) is 38.1 Å². The highest BCUT2D eigenvalue weighted by Crippen LogP contribution is 2.32. The minimum Gasteiger partial charge on any atom is -0.477 e. The maximum Gasteiger partial charge on any atom is 0.366 e. The molecule has 9 heteroatoms. The Morgan fingerprint density at radius 1 is 1.37 bits per heavy atom. The van der Waals surface area contributed by atoms with Crippen LogP contribution in [-0.2, 0) is 9.59 Å². The molecule has 27 heavy (non-hydrogen) atoms. The molecule has 1 aromatic carbocycles. The summed E-state index contributed by atoms with van der Waals surface area (Å²) in [6, 6.07) is 10.0. The number of fused-ring (bicyclic) bond motifs is 1. The molecule has 1 aromatic heterocycles. The van der Waals surface area contributed by atoms with E-state index < -0.39 is 16.6 Å². The molecule has 0 aliphatic carbocycles. The summed E-state index contributed by atoms with van der Waals surface area (Å²) in [5.74, 6) is -1.02. The van der Waals surface area contributed by atoms with Gasteiger partial charge in [0.15, 0.2) is 12.4 Å². The van der Waals surface area contributed by atoms with Crippen LogP contribution < -0.4 is 14.5 Å². The molecule has 2 heterocycles. The van der Waals surface area contributed by atoms with Crippen LogP contribution in [0.3, 0.4) is 0 Å². The number of aromatic nitrogens is 1. The third-order valence-corrected chi connectivity index (χ3v) is 4.14. The number of nitro groups is 1. The van der Waals surface area contributed by atoms with Gasteiger partial charge in [0.2, 0.25) is 5.91 Å². The molecular weight excluding hydrogens is 352 g/mol. The molecule has 0 unspecified atom stereocenters. The van der Waals surface area contributed by atoms with E-state index in [0.29, 0.717) is 6.54 Å². The van der Waals surface area contributed by atoms with Crippen molar-refractivity contribution in [2.24, 2.45) is 0 Å². The number of benzene rings is 1. The van der Waals surface area contributed by atoms with Crippen molar-refractivity contribution in [1.82, 2.24) is 4.98 Å². The Balaban J connectivity index is 1.90. The first-order valence-electron chi connectivity index (χ1n) is 8.36. The molecule has 140 valence electrons. The van der Waals surface area contributed by atoms with Gasteiger partial charge in [-0.2, -0.15) is 0 Å². The Kier molecular flexibility index (Phi) is 5.02. The lowest BCUT2D eigenvalue weighted by Crippen LogP contribution is -2.47. The fourth-order valence-corrected chi connectivity index (χ4v) is 2.85. The summed E-state index contributed by atoms with van der Waals surface area (Å²) >= 11 is 0. The van der Waals surface area contributed by atoms with Gasteiger partial charge in [0.25, 0.3) is 11.7 Å². The van der Waals surface area contributed by atoms with Crippen molar-refractivity contribution in [2.45, 2.75) is 13.8 Å². The predicted octanol–water partition coefficient (Wildman–Crippen LogP) is 2.08. The lowest BCUT2D eigenvalue weighted by atomic mass is 10.2. The lowest BCUT2D eigenvalue weighted by Gasteiger charge is -2.28. The summed E-state index contributed by atoms with van der Waals surface area (Å²) in [5, 5.41) is 11.0. The van der Waals surface area contributed by atoms with E-state index in [1.165, 1.54) is 12.1 Å². The molecule has 0 fully saturated rings. The van der Waals surface area contributed by atoms with Gasteiger partial charge in [-0.1, -0.05) is 12.1 Å². The summed E-state index contributed by atoms with van der Waals surface area (Å²) in [7, 11) is 0. The van der Waals surface area contributed by atoms with Crippen LogP contribution in [0.5, 0.6) is 5.75 Å². The third-order valence-electron chi connectivity index (χ3n) is 4.14. The molecule has 0 saturated heterocycles. The second-order valence-corrected chi connectivity index (χ2v) is 5.99. The van der Waals surface area contributed by atoms with Crippen molar-refractivity contribution in [1.29, 1.82) is 0 Å². The number of aryl methyl sites for hydroxylation is 1. The number of carbonyl (C=O) groups is 2. The first kappa shape index (κ1) is 18.3. The second kappa shape index (κ2) is 7.40. The number of pyridine rings is 1. The summed E-state index contributed by atoms with van der Waals surface area (Å²) in [5.41, 5.74) is 1.72. The molecule has 0 atom stereocenters. The van der Waals surface area contributed by atoms with Gasteiger partial charge < -0.3 is 19.8 Å². The van der Waals surface area contributed by atoms with Crippen molar-refractivity contribution in [2.75, 3.05) is 29.5 Å². The van der Waals surface area contributed by atoms with Crippen molar-refractivity contribution in [3.63, 3.8) is 0 Å². The van der Waals surface area contributed by atoms with Crippen LogP contribution in [0.15, 0.2) is 36.4 Å². The number of amides is 2. The first-order chi connectivity index (χ1) is 12.9. The molecule has 1 aliphatic heterocycles. The number of rotatable bonds is 5. The van der Waals surface area contributed by atoms with Crippen molar-refractivity contribution in [3.8, 4) is 5.75 Å². The molecule has 3 rings (SSSR count). The smallest absolute Gasteiger partial charge is 0.366 e. The zero-order valence-corrected chi connectivity index (χ0v) is 14.9. The number of carbonyl (C=O) groups excluding carboxylic acids is 2. The summed E-state index contributed by atoms with van der Waals surface area (Å²) in [4.78, 5) is 42.0. The van der Waals surface area contributed by atoms with Crippen molar-refractivity contribution >= 4 is 29.1 Å². The van der Waals surface area contributed by atoms with Gasteiger partial charge in [0.1, 0.15) is 6.54 Å². The number of ether oxygens (including phenoxy) is 1. The molecule has 0 saturated carbocycles. The Labute approximate surface area is 155 Å². The highest BCUT2D eigenvalue weighted by atomic mass is 16.6. The molecule has 1 aliphatic rings. The Morgan fingerprint density at radius 3 is 2.81 bits per heavy atom. The largest absolute Gasteiger partial charge is 0.477 e. The number of anilines is 2. The minimum atomic E-state index is -0.662. The third kappa shape index (κ3) is 3.71. The maximum absolute atomic E-state index is 12.9. The lowest BCUT2D eigenvalue weighted by molar-refractivity contribution is -0.389. The molecule has 2 amide bonds. The van der Waals surface area contributed by atoms with Gasteiger partial charge in [-0.15, -0.1) is 0 Å². The Hall–Kier alpha value is -3.49. The molecule has 0 spiro atoms. The normalized spacial score (nSPS) is 13.0. The van der Waals surface area contributed by atoms with Gasteiger partial charge in [-0.3, -0.25) is 14.5 Å². The van der Waals surface area contributed by atoms with E-state index in [2.05, 4.69) is 4.98 Å². The monoisotopic (exact) mass is 370 g/mol. The summed E-state index contributed by atoms with van der Waals surface area (Å²) in [6.45, 7) is 3.63. The van der Waals surface area contributed by atoms with Crippen LogP contribution >= 0.6 is 0 Å². The average Bonchev–Trinajstić information content (AvgIpc) is 2.64. The molecule has 0 radical (unpaired) electrons. The fraction of sp³-hybridized carbons (Fsp3) is 0.278. The van der Waals surface area contributed by atoms with Crippen LogP contribution in [0.4, 0.5) is 17.3 Å². The average molecular weight is 370 g/mol. The van der Waals surface area contributed by atoms with Gasteiger partial charge >= 0.3 is 5.82 Å². The number of hydrogen-bond acceptors (Lipinski definition) is 6. The van der Waals surface area contributed by atoms with E-state index in [0.717, 1.165) is 16.2 Å². The van der Waals surface area contributed by atoms with Crippen LogP contribution in [0.1, 0.15) is 12.5 Å². The highest BCUT2D eigenvalue weighted by molar-refractivity contribution is 6.05. The van der Waals surface area contributed by atoms with Crippen LogP contribution in [-0.4, -0.2) is 41.4 Å². The maximum atomic E-state index is 12.9. The standard InChI is InChI=1S/C18H18N4O5/c1-3-20(13-6-4-5-12(2)9-13)16(23)10-21-17(24)11-27-14-7-8-15(22(25)26)19-18(14)21/h4-9H,3,10-11H2,1-2H3. The quantitative estimate of drug-likeness (QED) is 0.589. The van der Waals surface area contributed by atoms with Crippen molar-refractivity contribution < 1.29 is 19.2 Å². The number of hydrogen-bond donors (Lipinski definition) is 0. The zero-order valence-electron chi connectivity index (χ0n) is 14.9. The van der Waals surface area contributed by atoms with E-state index in [4.69, 9.17) is 4.74 Å². The van der Waals surface area contributed by atoms with Crippen LogP contribution in [0, 0.1) is 17.0 Å². The molecule has 0 bridgehead atoms. The van der Waals surface area contributed by atoms with E-state index in [-0.39, 0.29) is 30.6 Å². The number of likely N-dealkylation sites (N-methyl/N-ethyl adjacent to an activating group) is 1. The molecule has 0 N–H and O–H groups in total. The molecule has 2 aromatic rings. The van der Waals surface area contributed by atoms with Crippen LogP contribution in [0.2, 0.25) is 0 Å². The zero-order chi connectivity index (χ0) is 19.6. The van der Waals surface area contributed by atoms with Gasteiger partial charge in [-0.25, -0.2) is 0 Å². The van der Waals surface area contributed by atoms with E-state index in [9.17, 15) is 19.7 Å². The Morgan fingerprint density at radius 2 is 2.15 bits per heavy atom. The second-order valence-electron chi connectivity index (χ2n) is 5.99. The first-order valence-corrected chi connectivity index (χ1v) is 8.36. The van der Waals surface area contributed by atoms with Gasteiger partial charge in [0, 0.05) is 18.3 Å². The van der Waals surface area contributed by atoms with E-state index >= 15 is 0 Å². The fourth-order valence-electron chi connectivity index (χ4n) is 2.85. The molecular formula is C18H18N4O5. The SMILES string of the molecule is CCN(C(=O)CN1C(=O)COc2ccc([N+](=O)[O-])nc21)c1cccc(C)c1. The predicted molar refractivity (Wildman–Crippen MR) is 97.9 cm³/mol. The number of nitrogens with zero attached hydrogens (tertiary/aromatic N) is 4. The van der Waals surface area contributed by atoms with Crippen LogP contribution in [0.25, 0.3) is 0 Å². The topological polar surface area (TPSA) is 106 Å². The highest BCUT2D eigenvalue weighted by Gasteiger charge is 2.34. The van der Waals surface area contributed by atoms with Gasteiger partial charge in [-0.05, 0) is 47.5 Å². The minimum absolute atomic E-state index is 0.0194. The summed E-state index contributed by atoms with van der Waals surface area (Å²) < 4.78 is 5.27. The summed E-state index contributed by atoms with van der Waals surface area (Å²) in [6.07, 6.45) is 0. The van der Waals surface area contributed by atoms with Gasteiger partial charge in [0.05, 0.1) is 0 Å². The Bertz CT molecular complexity index is 914. The molecule has 9 nitrogen and oxygen atoms in total. The van der Waals surface area contributed by atoms with E-state index in [1.54, 1.807) is 4.90 Å². The van der Waals surface area contributed by atoms with Crippen molar-refractivity contribution in [3.05, 3.63) is 52.1 Å².